The average molecular weight is 497 g/mol. The van der Waals surface area contributed by atoms with E-state index in [0.29, 0.717) is 17.2 Å². The molecule has 5 nitrogen and oxygen atoms in total. The van der Waals surface area contributed by atoms with E-state index in [1.165, 1.54) is 29.2 Å². The van der Waals surface area contributed by atoms with E-state index in [4.69, 9.17) is 16.3 Å². The molecule has 3 aromatic carbocycles. The molecule has 1 atom stereocenters. The van der Waals surface area contributed by atoms with Crippen molar-refractivity contribution in [2.24, 2.45) is 0 Å². The number of hydrogen-bond donors (Lipinski definition) is 1. The van der Waals surface area contributed by atoms with Gasteiger partial charge in [0.05, 0.1) is 0 Å². The number of hydrogen-bond acceptors (Lipinski definition) is 3. The van der Waals surface area contributed by atoms with Crippen molar-refractivity contribution in [3.63, 3.8) is 0 Å². The van der Waals surface area contributed by atoms with Gasteiger partial charge in [0.2, 0.25) is 5.91 Å². The van der Waals surface area contributed by atoms with Crippen molar-refractivity contribution < 1.29 is 18.7 Å². The van der Waals surface area contributed by atoms with Gasteiger partial charge in [-0.3, -0.25) is 9.59 Å². The predicted molar refractivity (Wildman–Crippen MR) is 136 cm³/mol. The Morgan fingerprint density at radius 2 is 1.63 bits per heavy atom. The summed E-state index contributed by atoms with van der Waals surface area (Å²) < 4.78 is 18.9. The minimum absolute atomic E-state index is 0.168. The Morgan fingerprint density at radius 3 is 2.26 bits per heavy atom. The molecule has 3 rings (SSSR count). The van der Waals surface area contributed by atoms with E-state index in [1.54, 1.807) is 18.2 Å². The van der Waals surface area contributed by atoms with Crippen molar-refractivity contribution in [1.82, 2.24) is 10.2 Å². The Balaban J connectivity index is 1.92. The van der Waals surface area contributed by atoms with Gasteiger partial charge < -0.3 is 15.0 Å². The largest absolute Gasteiger partial charge is 0.484 e. The average Bonchev–Trinajstić information content (AvgIpc) is 2.80. The molecule has 184 valence electrons. The van der Waals surface area contributed by atoms with Crippen LogP contribution >= 0.6 is 11.6 Å². The summed E-state index contributed by atoms with van der Waals surface area (Å²) in [5, 5.41) is 3.55. The minimum Gasteiger partial charge on any atom is -0.484 e. The smallest absolute Gasteiger partial charge is 0.261 e. The molecule has 3 aromatic rings. The quantitative estimate of drug-likeness (QED) is 0.430. The number of rotatable bonds is 9. The number of nitrogens with one attached hydrogen (secondary N) is 1. The van der Waals surface area contributed by atoms with E-state index >= 15 is 0 Å². The number of benzene rings is 3. The lowest BCUT2D eigenvalue weighted by atomic mass is 10.0. The second kappa shape index (κ2) is 11.8. The molecular weight excluding hydrogens is 467 g/mol. The van der Waals surface area contributed by atoms with Gasteiger partial charge in [-0.15, -0.1) is 0 Å². The van der Waals surface area contributed by atoms with E-state index in [1.807, 2.05) is 57.2 Å². The lowest BCUT2D eigenvalue weighted by Gasteiger charge is -2.33. The van der Waals surface area contributed by atoms with Gasteiger partial charge in [0.25, 0.3) is 5.91 Å². The molecule has 0 heterocycles. The molecule has 7 heteroatoms. The van der Waals surface area contributed by atoms with Gasteiger partial charge in [0.1, 0.15) is 17.6 Å². The number of ether oxygens (including phenoxy) is 1. The van der Waals surface area contributed by atoms with Gasteiger partial charge in [0, 0.05) is 23.5 Å². The maximum absolute atomic E-state index is 13.5. The van der Waals surface area contributed by atoms with Gasteiger partial charge >= 0.3 is 0 Å². The molecule has 0 aromatic heterocycles. The van der Waals surface area contributed by atoms with Crippen LogP contribution < -0.4 is 10.1 Å². The number of carbonyl (C=O) groups excluding carboxylic acids is 2. The van der Waals surface area contributed by atoms with E-state index in [2.05, 4.69) is 5.32 Å². The minimum atomic E-state index is -0.792. The molecule has 0 radical (unpaired) electrons. The molecule has 0 aliphatic rings. The summed E-state index contributed by atoms with van der Waals surface area (Å²) in [4.78, 5) is 28.5. The second-order valence-corrected chi connectivity index (χ2v) is 9.78. The van der Waals surface area contributed by atoms with Crippen LogP contribution in [0.3, 0.4) is 0 Å². The first-order chi connectivity index (χ1) is 16.6. The number of amides is 2. The van der Waals surface area contributed by atoms with Crippen molar-refractivity contribution >= 4 is 23.4 Å². The van der Waals surface area contributed by atoms with Crippen LogP contribution in [0, 0.1) is 5.82 Å². The molecule has 0 bridgehead atoms. The van der Waals surface area contributed by atoms with E-state index < -0.39 is 17.4 Å². The maximum Gasteiger partial charge on any atom is 0.261 e. The normalized spacial score (nSPS) is 12.0. The topological polar surface area (TPSA) is 58.6 Å². The molecule has 0 saturated carbocycles. The molecule has 1 unspecified atom stereocenters. The highest BCUT2D eigenvalue weighted by molar-refractivity contribution is 6.30. The molecular formula is C28H30ClFN2O3. The summed E-state index contributed by atoms with van der Waals surface area (Å²) in [6.07, 6.45) is 0.325. The van der Waals surface area contributed by atoms with Crippen LogP contribution in [-0.2, 0) is 22.6 Å². The fourth-order valence-electron chi connectivity index (χ4n) is 3.60. The number of halogens is 2. The summed E-state index contributed by atoms with van der Waals surface area (Å²) >= 11 is 6.18. The Hall–Kier alpha value is -3.38. The molecule has 0 fully saturated rings. The summed E-state index contributed by atoms with van der Waals surface area (Å²) in [6, 6.07) is 21.4. The summed E-state index contributed by atoms with van der Waals surface area (Å²) in [6.45, 7) is 5.54. The van der Waals surface area contributed by atoms with E-state index in [0.717, 1.165) is 11.1 Å². The third-order valence-electron chi connectivity index (χ3n) is 5.19. The maximum atomic E-state index is 13.5. The highest BCUT2D eigenvalue weighted by Crippen LogP contribution is 2.19. The monoisotopic (exact) mass is 496 g/mol. The standard InChI is InChI=1S/C28H30ClFN2O3/c1-28(2,3)31-27(34)25(17-20-8-5-4-6-9-20)32(18-21-10-7-11-22(29)16-21)26(33)19-35-24-14-12-23(30)13-15-24/h4-16,25H,17-19H2,1-3H3,(H,31,34). The fourth-order valence-corrected chi connectivity index (χ4v) is 3.81. The van der Waals surface area contributed by atoms with Crippen LogP contribution in [-0.4, -0.2) is 34.9 Å². The molecule has 0 spiro atoms. The number of carbonyl (C=O) groups is 2. The molecule has 35 heavy (non-hydrogen) atoms. The lowest BCUT2D eigenvalue weighted by molar-refractivity contribution is -0.143. The van der Waals surface area contributed by atoms with Crippen LogP contribution in [0.4, 0.5) is 4.39 Å². The van der Waals surface area contributed by atoms with Crippen molar-refractivity contribution in [2.45, 2.75) is 45.3 Å². The molecule has 1 N–H and O–H groups in total. The van der Waals surface area contributed by atoms with Crippen molar-refractivity contribution in [3.05, 3.63) is 101 Å². The zero-order valence-electron chi connectivity index (χ0n) is 20.1. The number of nitrogens with zero attached hydrogens (tertiary/aromatic N) is 1. The van der Waals surface area contributed by atoms with E-state index in [9.17, 15) is 14.0 Å². The van der Waals surface area contributed by atoms with Crippen LogP contribution in [0.1, 0.15) is 31.9 Å². The first kappa shape index (κ1) is 26.2. The third kappa shape index (κ3) is 8.41. The Labute approximate surface area is 210 Å². The highest BCUT2D eigenvalue weighted by atomic mass is 35.5. The summed E-state index contributed by atoms with van der Waals surface area (Å²) in [5.41, 5.74) is 1.22. The zero-order valence-corrected chi connectivity index (χ0v) is 20.9. The van der Waals surface area contributed by atoms with Crippen LogP contribution in [0.2, 0.25) is 5.02 Å². The van der Waals surface area contributed by atoms with Gasteiger partial charge in [-0.05, 0) is 68.3 Å². The molecule has 0 aliphatic carbocycles. The van der Waals surface area contributed by atoms with Gasteiger partial charge in [-0.25, -0.2) is 4.39 Å². The van der Waals surface area contributed by atoms with Crippen LogP contribution in [0.25, 0.3) is 0 Å². The zero-order chi connectivity index (χ0) is 25.4. The lowest BCUT2D eigenvalue weighted by Crippen LogP contribution is -2.55. The van der Waals surface area contributed by atoms with Gasteiger partial charge in [0.15, 0.2) is 6.61 Å². The third-order valence-corrected chi connectivity index (χ3v) is 5.42. The Bertz CT molecular complexity index is 1130. The predicted octanol–water partition coefficient (Wildman–Crippen LogP) is 5.41. The first-order valence-electron chi connectivity index (χ1n) is 11.4. The van der Waals surface area contributed by atoms with Crippen LogP contribution in [0.5, 0.6) is 5.75 Å². The Morgan fingerprint density at radius 1 is 0.971 bits per heavy atom. The van der Waals surface area contributed by atoms with Gasteiger partial charge in [-0.1, -0.05) is 54.1 Å². The van der Waals surface area contributed by atoms with Crippen molar-refractivity contribution in [3.8, 4) is 5.75 Å². The first-order valence-corrected chi connectivity index (χ1v) is 11.8. The second-order valence-electron chi connectivity index (χ2n) is 9.34. The van der Waals surface area contributed by atoms with Crippen molar-refractivity contribution in [2.75, 3.05) is 6.61 Å². The summed E-state index contributed by atoms with van der Waals surface area (Å²) in [7, 11) is 0. The highest BCUT2D eigenvalue weighted by Gasteiger charge is 2.32. The SMILES string of the molecule is CC(C)(C)NC(=O)C(Cc1ccccc1)N(Cc1cccc(Cl)c1)C(=O)COc1ccc(F)cc1. The summed E-state index contributed by atoms with van der Waals surface area (Å²) in [5.74, 6) is -0.674. The Kier molecular flexibility index (Phi) is 8.88. The van der Waals surface area contributed by atoms with Crippen molar-refractivity contribution in [1.29, 1.82) is 0 Å². The van der Waals surface area contributed by atoms with E-state index in [-0.39, 0.29) is 25.0 Å². The molecule has 0 aliphatic heterocycles. The fraction of sp³-hybridized carbons (Fsp3) is 0.286. The van der Waals surface area contributed by atoms with Crippen LogP contribution in [0.15, 0.2) is 78.9 Å². The van der Waals surface area contributed by atoms with Gasteiger partial charge in [-0.2, -0.15) is 0 Å². The molecule has 2 amide bonds. The molecule has 0 saturated heterocycles.